The number of likely N-dealkylation sites (N-methyl/N-ethyl adjacent to an activating group) is 1. The highest BCUT2D eigenvalue weighted by atomic mass is 16.5. The van der Waals surface area contributed by atoms with E-state index in [9.17, 15) is 24.0 Å². The fourth-order valence-electron chi connectivity index (χ4n) is 8.35. The highest BCUT2D eigenvalue weighted by molar-refractivity contribution is 5.96. The average Bonchev–Trinajstić information content (AvgIpc) is 3.40. The summed E-state index contributed by atoms with van der Waals surface area (Å²) in [5.41, 5.74) is 12.0. The minimum atomic E-state index is -1.17. The number of nitrogens with zero attached hydrogens (tertiary/aromatic N) is 1. The van der Waals surface area contributed by atoms with E-state index in [-0.39, 0.29) is 37.1 Å². The van der Waals surface area contributed by atoms with Crippen LogP contribution in [-0.4, -0.2) is 103 Å². The van der Waals surface area contributed by atoms with Crippen LogP contribution in [0.3, 0.4) is 0 Å². The maximum Gasteiger partial charge on any atom is 0.246 e. The van der Waals surface area contributed by atoms with Gasteiger partial charge >= 0.3 is 0 Å². The Balaban J connectivity index is 1.67. The van der Waals surface area contributed by atoms with Crippen LogP contribution in [0.1, 0.15) is 124 Å². The summed E-state index contributed by atoms with van der Waals surface area (Å²) in [5.74, 6) is -2.71. The number of hydrogen-bond acceptors (Lipinski definition) is 9. The van der Waals surface area contributed by atoms with E-state index in [1.807, 2.05) is 13.8 Å². The minimum Gasteiger partial charge on any atom is -0.375 e. The second kappa shape index (κ2) is 20.6. The van der Waals surface area contributed by atoms with E-state index in [4.69, 9.17) is 20.9 Å². The lowest BCUT2D eigenvalue weighted by atomic mass is 9.82. The average molecular weight is 734 g/mol. The quantitative estimate of drug-likeness (QED) is 0.191. The van der Waals surface area contributed by atoms with Crippen LogP contribution in [0.4, 0.5) is 0 Å². The zero-order chi connectivity index (χ0) is 37.8. The zero-order valence-corrected chi connectivity index (χ0v) is 32.0. The Hall–Kier alpha value is -2.81. The Morgan fingerprint density at radius 2 is 1.38 bits per heavy atom. The summed E-state index contributed by atoms with van der Waals surface area (Å²) in [4.78, 5) is 71.5. The number of amides is 5. The molecule has 52 heavy (non-hydrogen) atoms. The fraction of sp³-hybridized carbons (Fsp3) is 0.868. The largest absolute Gasteiger partial charge is 0.375 e. The second-order valence-corrected chi connectivity index (χ2v) is 15.9. The zero-order valence-electron chi connectivity index (χ0n) is 32.0. The predicted molar refractivity (Wildman–Crippen MR) is 197 cm³/mol. The number of nitrogens with two attached hydrogens (primary N) is 2. The summed E-state index contributed by atoms with van der Waals surface area (Å²) < 4.78 is 12.5. The van der Waals surface area contributed by atoms with Crippen LogP contribution in [-0.2, 0) is 33.4 Å². The summed E-state index contributed by atoms with van der Waals surface area (Å²) in [5, 5.41) is 11.5. The number of rotatable bonds is 9. The van der Waals surface area contributed by atoms with E-state index in [0.717, 1.165) is 64.2 Å². The van der Waals surface area contributed by atoms with Crippen molar-refractivity contribution < 1.29 is 33.4 Å². The third-order valence-corrected chi connectivity index (χ3v) is 11.7. The number of carbonyl (C=O) groups excluding carboxylic acids is 5. The van der Waals surface area contributed by atoms with E-state index in [2.05, 4.69) is 21.3 Å². The SMILES string of the molecule is CCC[C@H]1C(=O)N[C@@H](C2CCCCCC2)C(=O)N[C@@H](CN)C(=O)N[C@@H](COC2CC(N)C2)C(=O)N[C@H](C)O[C@H](CC2CCCCC2)[C@@H](C)C(=O)N1C. The molecule has 14 nitrogen and oxygen atoms in total. The van der Waals surface area contributed by atoms with Gasteiger partial charge in [-0.2, -0.15) is 0 Å². The minimum absolute atomic E-state index is 0.0351. The molecule has 1 aliphatic heterocycles. The molecular weight excluding hydrogens is 666 g/mol. The monoisotopic (exact) mass is 734 g/mol. The molecule has 3 aliphatic carbocycles. The first-order chi connectivity index (χ1) is 24.9. The van der Waals surface area contributed by atoms with Crippen LogP contribution in [0.25, 0.3) is 0 Å². The van der Waals surface area contributed by atoms with Crippen LogP contribution in [0.5, 0.6) is 0 Å². The van der Waals surface area contributed by atoms with Crippen LogP contribution in [0, 0.1) is 17.8 Å². The van der Waals surface area contributed by atoms with Crippen molar-refractivity contribution >= 4 is 29.5 Å². The first-order valence-corrected chi connectivity index (χ1v) is 20.1. The molecule has 3 saturated carbocycles. The summed E-state index contributed by atoms with van der Waals surface area (Å²) in [7, 11) is 1.65. The van der Waals surface area contributed by atoms with Gasteiger partial charge in [-0.15, -0.1) is 0 Å². The molecule has 0 aromatic rings. The van der Waals surface area contributed by atoms with Crippen molar-refractivity contribution in [3.05, 3.63) is 0 Å². The molecule has 7 atom stereocenters. The van der Waals surface area contributed by atoms with E-state index < -0.39 is 66.0 Å². The maximum atomic E-state index is 14.3. The number of ether oxygens (including phenoxy) is 2. The summed E-state index contributed by atoms with van der Waals surface area (Å²) >= 11 is 0. The van der Waals surface area contributed by atoms with Crippen molar-refractivity contribution in [2.24, 2.45) is 29.2 Å². The molecule has 0 bridgehead atoms. The van der Waals surface area contributed by atoms with Gasteiger partial charge in [-0.3, -0.25) is 24.0 Å². The van der Waals surface area contributed by atoms with E-state index in [0.29, 0.717) is 38.0 Å². The number of nitrogens with one attached hydrogen (secondary N) is 4. The van der Waals surface area contributed by atoms with Gasteiger partial charge in [0.25, 0.3) is 0 Å². The molecule has 1 saturated heterocycles. The van der Waals surface area contributed by atoms with Gasteiger partial charge in [0.05, 0.1) is 24.7 Å². The Kier molecular flexibility index (Phi) is 16.6. The normalized spacial score (nSPS) is 34.5. The lowest BCUT2D eigenvalue weighted by Gasteiger charge is -2.37. The van der Waals surface area contributed by atoms with Gasteiger partial charge in [0.2, 0.25) is 29.5 Å². The lowest BCUT2D eigenvalue weighted by molar-refractivity contribution is -0.151. The Morgan fingerprint density at radius 3 is 2.00 bits per heavy atom. The Morgan fingerprint density at radius 1 is 0.788 bits per heavy atom. The molecular formula is C38H67N7O7. The molecule has 0 aromatic carbocycles. The summed E-state index contributed by atoms with van der Waals surface area (Å²) in [6, 6.07) is -4.00. The van der Waals surface area contributed by atoms with Crippen molar-refractivity contribution in [2.45, 2.75) is 172 Å². The molecule has 14 heteroatoms. The van der Waals surface area contributed by atoms with Gasteiger partial charge in [0.1, 0.15) is 30.4 Å². The van der Waals surface area contributed by atoms with Crippen LogP contribution < -0.4 is 32.7 Å². The first kappa shape index (κ1) is 41.9. The predicted octanol–water partition coefficient (Wildman–Crippen LogP) is 1.97. The molecule has 296 valence electrons. The molecule has 4 rings (SSSR count). The van der Waals surface area contributed by atoms with Crippen molar-refractivity contribution in [3.63, 3.8) is 0 Å². The highest BCUT2D eigenvalue weighted by Gasteiger charge is 2.40. The maximum absolute atomic E-state index is 14.3. The van der Waals surface area contributed by atoms with Gasteiger partial charge < -0.3 is 47.1 Å². The number of carbonyl (C=O) groups is 5. The van der Waals surface area contributed by atoms with Crippen molar-refractivity contribution in [2.75, 3.05) is 20.2 Å². The molecule has 0 spiro atoms. The van der Waals surface area contributed by atoms with Gasteiger partial charge in [0, 0.05) is 19.6 Å². The van der Waals surface area contributed by atoms with E-state index in [1.165, 1.54) is 11.3 Å². The van der Waals surface area contributed by atoms with Crippen LogP contribution in [0.15, 0.2) is 0 Å². The van der Waals surface area contributed by atoms with Crippen molar-refractivity contribution in [1.29, 1.82) is 0 Å². The number of hydrogen-bond donors (Lipinski definition) is 6. The second-order valence-electron chi connectivity index (χ2n) is 15.9. The Bertz CT molecular complexity index is 1190. The molecule has 0 unspecified atom stereocenters. The van der Waals surface area contributed by atoms with Gasteiger partial charge in [-0.25, -0.2) is 0 Å². The first-order valence-electron chi connectivity index (χ1n) is 20.1. The molecule has 0 aromatic heterocycles. The summed E-state index contributed by atoms with van der Waals surface area (Å²) in [6.45, 7) is 5.15. The van der Waals surface area contributed by atoms with Crippen LogP contribution in [0.2, 0.25) is 0 Å². The molecule has 8 N–H and O–H groups in total. The standard InChI is InChI=1S/C38H67N7O7/c1-5-13-31-36(48)44-33(26-16-11-6-7-12-17-26)37(49)42-29(21-39)34(46)43-30(22-51-28-19-27(40)20-28)35(47)41-24(3)52-32(23(2)38(50)45(31)4)18-25-14-9-8-10-15-25/h23-33H,5-22,39-40H2,1-4H3,(H,41,47)(H,42,49)(H,43,46)(H,44,48)/t23-,24+,27?,28?,29+,30+,31+,32-,33+/m1/s1. The molecule has 0 radical (unpaired) electrons. The molecule has 4 fully saturated rings. The third-order valence-electron chi connectivity index (χ3n) is 11.7. The molecule has 5 amide bonds. The Labute approximate surface area is 310 Å². The van der Waals surface area contributed by atoms with Crippen molar-refractivity contribution in [1.82, 2.24) is 26.2 Å². The van der Waals surface area contributed by atoms with Gasteiger partial charge in [-0.05, 0) is 57.3 Å². The van der Waals surface area contributed by atoms with Crippen molar-refractivity contribution in [3.8, 4) is 0 Å². The highest BCUT2D eigenvalue weighted by Crippen LogP contribution is 2.32. The third kappa shape index (κ3) is 11.8. The van der Waals surface area contributed by atoms with Crippen LogP contribution >= 0.6 is 0 Å². The fourth-order valence-corrected chi connectivity index (χ4v) is 8.35. The summed E-state index contributed by atoms with van der Waals surface area (Å²) in [6.07, 6.45) is 12.4. The molecule has 4 aliphatic rings. The molecule has 1 heterocycles. The lowest BCUT2D eigenvalue weighted by Crippen LogP contribution is -2.62. The smallest absolute Gasteiger partial charge is 0.246 e. The van der Waals surface area contributed by atoms with Gasteiger partial charge in [0.15, 0.2) is 0 Å². The van der Waals surface area contributed by atoms with E-state index >= 15 is 0 Å². The topological polar surface area (TPSA) is 207 Å². The van der Waals surface area contributed by atoms with Gasteiger partial charge in [-0.1, -0.05) is 78.1 Å². The van der Waals surface area contributed by atoms with E-state index in [1.54, 1.807) is 14.0 Å².